The third-order valence-electron chi connectivity index (χ3n) is 3.02. The van der Waals surface area contributed by atoms with Crippen LogP contribution in [0.25, 0.3) is 0 Å². The molecule has 82 valence electrons. The number of rotatable bonds is 2. The van der Waals surface area contributed by atoms with Gasteiger partial charge in [0.15, 0.2) is 0 Å². The van der Waals surface area contributed by atoms with Crippen molar-refractivity contribution in [1.29, 1.82) is 0 Å². The molecule has 3 nitrogen and oxygen atoms in total. The van der Waals surface area contributed by atoms with Gasteiger partial charge in [0.25, 0.3) is 0 Å². The number of hydrogen-bond acceptors (Lipinski definition) is 2. The van der Waals surface area contributed by atoms with E-state index in [2.05, 4.69) is 25.8 Å². The Morgan fingerprint density at radius 3 is 2.29 bits per heavy atom. The molecule has 1 aliphatic heterocycles. The molecule has 0 aromatic heterocycles. The molecule has 0 saturated carbocycles. The second kappa shape index (κ2) is 4.99. The van der Waals surface area contributed by atoms with Crippen molar-refractivity contribution in [3.8, 4) is 0 Å². The number of nitrogens with zero attached hydrogens (tertiary/aromatic N) is 2. The van der Waals surface area contributed by atoms with Crippen molar-refractivity contribution in [1.82, 2.24) is 9.80 Å². The van der Waals surface area contributed by atoms with Crippen LogP contribution in [0.15, 0.2) is 0 Å². The van der Waals surface area contributed by atoms with E-state index in [-0.39, 0.29) is 5.91 Å². The van der Waals surface area contributed by atoms with Gasteiger partial charge in [0.1, 0.15) is 0 Å². The lowest BCUT2D eigenvalue weighted by molar-refractivity contribution is -0.134. The van der Waals surface area contributed by atoms with E-state index in [1.807, 2.05) is 4.90 Å². The maximum Gasteiger partial charge on any atom is 0.223 e. The van der Waals surface area contributed by atoms with Crippen molar-refractivity contribution in [3.05, 3.63) is 0 Å². The molecule has 0 aliphatic carbocycles. The fourth-order valence-electron chi connectivity index (χ4n) is 1.85. The standard InChI is InChI=1S/C10H19ClN2O/c1-8-6-13(10(14)4-5-11)7-9(2)12(8)3/h8-9H,4-7H2,1-3H3. The maximum absolute atomic E-state index is 11.6. The van der Waals surface area contributed by atoms with Gasteiger partial charge in [-0.3, -0.25) is 9.69 Å². The molecule has 0 spiro atoms. The van der Waals surface area contributed by atoms with E-state index in [0.29, 0.717) is 24.4 Å². The van der Waals surface area contributed by atoms with Crippen LogP contribution in [0.4, 0.5) is 0 Å². The zero-order valence-electron chi connectivity index (χ0n) is 9.16. The van der Waals surface area contributed by atoms with E-state index < -0.39 is 0 Å². The number of carbonyl (C=O) groups excluding carboxylic acids is 1. The van der Waals surface area contributed by atoms with Gasteiger partial charge in [-0.05, 0) is 20.9 Å². The Balaban J connectivity index is 2.53. The summed E-state index contributed by atoms with van der Waals surface area (Å²) < 4.78 is 0. The number of carbonyl (C=O) groups is 1. The minimum Gasteiger partial charge on any atom is -0.340 e. The number of piperazine rings is 1. The number of alkyl halides is 1. The highest BCUT2D eigenvalue weighted by Crippen LogP contribution is 2.14. The Morgan fingerprint density at radius 1 is 1.36 bits per heavy atom. The van der Waals surface area contributed by atoms with Gasteiger partial charge >= 0.3 is 0 Å². The van der Waals surface area contributed by atoms with Gasteiger partial charge in [-0.15, -0.1) is 11.6 Å². The Morgan fingerprint density at radius 2 is 1.86 bits per heavy atom. The second-order valence-corrected chi connectivity index (χ2v) is 4.48. The van der Waals surface area contributed by atoms with Crippen molar-refractivity contribution >= 4 is 17.5 Å². The Hall–Kier alpha value is -0.280. The normalized spacial score (nSPS) is 29.3. The highest BCUT2D eigenvalue weighted by Gasteiger charge is 2.28. The molecular formula is C10H19ClN2O. The monoisotopic (exact) mass is 218 g/mol. The Kier molecular flexibility index (Phi) is 4.20. The van der Waals surface area contributed by atoms with Crippen LogP contribution in [0.1, 0.15) is 20.3 Å². The predicted octanol–water partition coefficient (Wildman–Crippen LogP) is 1.17. The van der Waals surface area contributed by atoms with Gasteiger partial charge < -0.3 is 4.90 Å². The van der Waals surface area contributed by atoms with Crippen LogP contribution in [-0.4, -0.2) is 53.8 Å². The van der Waals surface area contributed by atoms with Crippen molar-refractivity contribution in [2.75, 3.05) is 26.0 Å². The molecule has 0 bridgehead atoms. The summed E-state index contributed by atoms with van der Waals surface area (Å²) >= 11 is 5.56. The average molecular weight is 219 g/mol. The van der Waals surface area contributed by atoms with E-state index in [0.717, 1.165) is 13.1 Å². The van der Waals surface area contributed by atoms with Crippen LogP contribution in [0.2, 0.25) is 0 Å². The first-order valence-corrected chi connectivity index (χ1v) is 5.65. The van der Waals surface area contributed by atoms with Gasteiger partial charge in [0, 0.05) is 37.5 Å². The van der Waals surface area contributed by atoms with Gasteiger partial charge in [0.05, 0.1) is 0 Å². The lowest BCUT2D eigenvalue weighted by Crippen LogP contribution is -2.56. The molecule has 0 radical (unpaired) electrons. The molecule has 1 rings (SSSR count). The summed E-state index contributed by atoms with van der Waals surface area (Å²) in [7, 11) is 2.11. The van der Waals surface area contributed by atoms with Crippen molar-refractivity contribution in [2.45, 2.75) is 32.4 Å². The maximum atomic E-state index is 11.6. The van der Waals surface area contributed by atoms with Crippen LogP contribution >= 0.6 is 11.6 Å². The first-order chi connectivity index (χ1) is 6.56. The zero-order valence-corrected chi connectivity index (χ0v) is 9.92. The number of amides is 1. The second-order valence-electron chi connectivity index (χ2n) is 4.10. The molecular weight excluding hydrogens is 200 g/mol. The smallest absolute Gasteiger partial charge is 0.223 e. The lowest BCUT2D eigenvalue weighted by atomic mass is 10.1. The van der Waals surface area contributed by atoms with Gasteiger partial charge in [-0.2, -0.15) is 0 Å². The van der Waals surface area contributed by atoms with E-state index in [4.69, 9.17) is 11.6 Å². The largest absolute Gasteiger partial charge is 0.340 e. The predicted molar refractivity (Wildman–Crippen MR) is 58.6 cm³/mol. The Labute approximate surface area is 91.0 Å². The summed E-state index contributed by atoms with van der Waals surface area (Å²) in [6.07, 6.45) is 0.463. The third kappa shape index (κ3) is 2.61. The molecule has 0 N–H and O–H groups in total. The summed E-state index contributed by atoms with van der Waals surface area (Å²) in [4.78, 5) is 15.9. The molecule has 14 heavy (non-hydrogen) atoms. The molecule has 1 aliphatic rings. The van der Waals surface area contributed by atoms with E-state index in [1.54, 1.807) is 0 Å². The molecule has 0 aromatic rings. The number of halogens is 1. The van der Waals surface area contributed by atoms with Gasteiger partial charge in [-0.25, -0.2) is 0 Å². The quantitative estimate of drug-likeness (QED) is 0.650. The molecule has 4 heteroatoms. The molecule has 1 amide bonds. The SMILES string of the molecule is CC1CN(C(=O)CCCl)CC(C)N1C. The van der Waals surface area contributed by atoms with Gasteiger partial charge in [-0.1, -0.05) is 0 Å². The molecule has 2 atom stereocenters. The molecule has 0 aromatic carbocycles. The Bertz CT molecular complexity index is 198. The number of hydrogen-bond donors (Lipinski definition) is 0. The summed E-state index contributed by atoms with van der Waals surface area (Å²) in [5, 5.41) is 0. The first-order valence-electron chi connectivity index (χ1n) is 5.12. The molecule has 2 unspecified atom stereocenters. The van der Waals surface area contributed by atoms with Crippen molar-refractivity contribution in [3.63, 3.8) is 0 Å². The molecule has 1 heterocycles. The summed E-state index contributed by atoms with van der Waals surface area (Å²) in [5.74, 6) is 0.611. The molecule has 1 fully saturated rings. The summed E-state index contributed by atoms with van der Waals surface area (Å²) in [6.45, 7) is 5.96. The van der Waals surface area contributed by atoms with Gasteiger partial charge in [0.2, 0.25) is 5.91 Å². The fraction of sp³-hybridized carbons (Fsp3) is 0.900. The average Bonchev–Trinajstić information content (AvgIpc) is 2.13. The van der Waals surface area contributed by atoms with Crippen LogP contribution in [0.3, 0.4) is 0 Å². The third-order valence-corrected chi connectivity index (χ3v) is 3.21. The highest BCUT2D eigenvalue weighted by molar-refractivity contribution is 6.18. The first kappa shape index (κ1) is 11.8. The van der Waals surface area contributed by atoms with Crippen LogP contribution < -0.4 is 0 Å². The number of likely N-dealkylation sites (N-methyl/N-ethyl adjacent to an activating group) is 1. The zero-order chi connectivity index (χ0) is 10.7. The minimum absolute atomic E-state index is 0.187. The lowest BCUT2D eigenvalue weighted by Gasteiger charge is -2.42. The summed E-state index contributed by atoms with van der Waals surface area (Å²) in [5.41, 5.74) is 0. The van der Waals surface area contributed by atoms with Crippen LogP contribution in [0.5, 0.6) is 0 Å². The summed E-state index contributed by atoms with van der Waals surface area (Å²) in [6, 6.07) is 0.885. The van der Waals surface area contributed by atoms with Crippen LogP contribution in [-0.2, 0) is 4.79 Å². The van der Waals surface area contributed by atoms with E-state index in [9.17, 15) is 4.79 Å². The van der Waals surface area contributed by atoms with Crippen molar-refractivity contribution in [2.24, 2.45) is 0 Å². The topological polar surface area (TPSA) is 23.6 Å². The van der Waals surface area contributed by atoms with E-state index in [1.165, 1.54) is 0 Å². The van der Waals surface area contributed by atoms with Crippen LogP contribution in [0, 0.1) is 0 Å². The molecule has 1 saturated heterocycles. The van der Waals surface area contributed by atoms with Crippen molar-refractivity contribution < 1.29 is 4.79 Å². The highest BCUT2D eigenvalue weighted by atomic mass is 35.5. The fourth-order valence-corrected chi connectivity index (χ4v) is 2.01. The minimum atomic E-state index is 0.187. The van der Waals surface area contributed by atoms with E-state index >= 15 is 0 Å².